The SMILES string of the molecule is C=Cc1ccc(C(=O)OCC)c(C2=Cc3ccccc3C2)c1C=C.CC.CC. The summed E-state index contributed by atoms with van der Waals surface area (Å²) in [4.78, 5) is 12.5. The van der Waals surface area contributed by atoms with Gasteiger partial charge in [-0.05, 0) is 47.2 Å². The molecule has 148 valence electrons. The molecule has 2 heteroatoms. The second-order valence-corrected chi connectivity index (χ2v) is 5.66. The standard InChI is InChI=1S/C22H20O2.2C2H6/c1-4-15-11-12-20(22(23)24-6-3)21(19(15)5-2)18-13-16-9-7-8-10-17(16)14-18;2*1-2/h4-5,7-13H,1-2,6,14H2,3H3;2*1-2H3. The van der Waals surface area contributed by atoms with Gasteiger partial charge in [-0.25, -0.2) is 4.79 Å². The Kier molecular flexibility index (Phi) is 9.73. The highest BCUT2D eigenvalue weighted by Gasteiger charge is 2.23. The van der Waals surface area contributed by atoms with E-state index in [0.29, 0.717) is 12.2 Å². The summed E-state index contributed by atoms with van der Waals surface area (Å²) >= 11 is 0. The van der Waals surface area contributed by atoms with Crippen LogP contribution in [0.5, 0.6) is 0 Å². The van der Waals surface area contributed by atoms with Crippen molar-refractivity contribution < 1.29 is 9.53 Å². The van der Waals surface area contributed by atoms with Crippen LogP contribution in [0.3, 0.4) is 0 Å². The Morgan fingerprint density at radius 3 is 2.29 bits per heavy atom. The number of benzene rings is 2. The molecule has 0 unspecified atom stereocenters. The van der Waals surface area contributed by atoms with Gasteiger partial charge in [0.1, 0.15) is 0 Å². The largest absolute Gasteiger partial charge is 0.462 e. The van der Waals surface area contributed by atoms with Gasteiger partial charge in [-0.15, -0.1) is 0 Å². The van der Waals surface area contributed by atoms with Crippen molar-refractivity contribution in [3.8, 4) is 0 Å². The number of allylic oxidation sites excluding steroid dienone is 1. The van der Waals surface area contributed by atoms with E-state index in [1.807, 2.05) is 58.9 Å². The maximum Gasteiger partial charge on any atom is 0.338 e. The number of carbonyl (C=O) groups excluding carboxylic acids is 1. The molecule has 2 nitrogen and oxygen atoms in total. The third kappa shape index (κ3) is 4.89. The van der Waals surface area contributed by atoms with E-state index in [0.717, 1.165) is 28.7 Å². The quantitative estimate of drug-likeness (QED) is 0.512. The van der Waals surface area contributed by atoms with Crippen molar-refractivity contribution in [2.75, 3.05) is 6.61 Å². The summed E-state index contributed by atoms with van der Waals surface area (Å²) in [7, 11) is 0. The van der Waals surface area contributed by atoms with E-state index < -0.39 is 0 Å². The number of rotatable bonds is 5. The molecular weight excluding hydrogens is 344 g/mol. The van der Waals surface area contributed by atoms with Crippen LogP contribution in [-0.2, 0) is 11.2 Å². The first-order valence-electron chi connectivity index (χ1n) is 10.1. The maximum absolute atomic E-state index is 12.5. The molecule has 0 saturated carbocycles. The zero-order chi connectivity index (χ0) is 21.1. The van der Waals surface area contributed by atoms with Gasteiger partial charge in [0.05, 0.1) is 12.2 Å². The first kappa shape index (κ1) is 23.2. The Morgan fingerprint density at radius 1 is 1.04 bits per heavy atom. The third-order valence-corrected chi connectivity index (χ3v) is 4.29. The number of carbonyl (C=O) groups is 1. The highest BCUT2D eigenvalue weighted by molar-refractivity contribution is 6.02. The minimum Gasteiger partial charge on any atom is -0.462 e. The normalized spacial score (nSPS) is 11.0. The smallest absolute Gasteiger partial charge is 0.338 e. The maximum atomic E-state index is 12.5. The molecule has 2 aromatic carbocycles. The molecule has 0 N–H and O–H groups in total. The molecule has 0 heterocycles. The molecule has 0 radical (unpaired) electrons. The molecule has 0 aromatic heterocycles. The van der Waals surface area contributed by atoms with Crippen LogP contribution in [0.15, 0.2) is 49.6 Å². The van der Waals surface area contributed by atoms with Gasteiger partial charge in [-0.3, -0.25) is 0 Å². The van der Waals surface area contributed by atoms with Crippen LogP contribution in [0.25, 0.3) is 23.8 Å². The zero-order valence-corrected chi connectivity index (χ0v) is 17.8. The second kappa shape index (κ2) is 11.8. The molecule has 0 bridgehead atoms. The lowest BCUT2D eigenvalue weighted by atomic mass is 9.89. The third-order valence-electron chi connectivity index (χ3n) is 4.29. The van der Waals surface area contributed by atoms with E-state index in [2.05, 4.69) is 31.4 Å². The van der Waals surface area contributed by atoms with Gasteiger partial charge in [0.25, 0.3) is 0 Å². The topological polar surface area (TPSA) is 26.3 Å². The van der Waals surface area contributed by atoms with E-state index in [9.17, 15) is 4.79 Å². The Bertz CT molecular complexity index is 857. The van der Waals surface area contributed by atoms with E-state index in [1.165, 1.54) is 11.1 Å². The van der Waals surface area contributed by atoms with E-state index in [4.69, 9.17) is 4.74 Å². The Balaban J connectivity index is 0.000000921. The van der Waals surface area contributed by atoms with Crippen LogP contribution in [0, 0.1) is 0 Å². The summed E-state index contributed by atoms with van der Waals surface area (Å²) in [6.07, 6.45) is 6.52. The van der Waals surface area contributed by atoms with Crippen molar-refractivity contribution in [1.29, 1.82) is 0 Å². The van der Waals surface area contributed by atoms with Crippen LogP contribution in [0.1, 0.15) is 72.8 Å². The number of hydrogen-bond acceptors (Lipinski definition) is 2. The Labute approximate surface area is 170 Å². The van der Waals surface area contributed by atoms with Crippen molar-refractivity contribution in [2.24, 2.45) is 0 Å². The Morgan fingerprint density at radius 2 is 1.71 bits per heavy atom. The summed E-state index contributed by atoms with van der Waals surface area (Å²) < 4.78 is 5.25. The fraction of sp³-hybridized carbons (Fsp3) is 0.269. The summed E-state index contributed by atoms with van der Waals surface area (Å²) in [5.74, 6) is -0.303. The lowest BCUT2D eigenvalue weighted by Gasteiger charge is -2.16. The molecule has 0 spiro atoms. The predicted molar refractivity (Wildman–Crippen MR) is 123 cm³/mol. The molecule has 1 aliphatic rings. The molecule has 3 rings (SSSR count). The predicted octanol–water partition coefficient (Wildman–Crippen LogP) is 7.30. The minimum atomic E-state index is -0.303. The number of fused-ring (bicyclic) bond motifs is 1. The Hall–Kier alpha value is -2.87. The number of ether oxygens (including phenoxy) is 1. The summed E-state index contributed by atoms with van der Waals surface area (Å²) in [6.45, 7) is 18.0. The molecule has 1 aliphatic carbocycles. The van der Waals surface area contributed by atoms with Gasteiger partial charge in [0, 0.05) is 5.56 Å². The van der Waals surface area contributed by atoms with Crippen LogP contribution in [0.2, 0.25) is 0 Å². The average Bonchev–Trinajstić information content (AvgIpc) is 3.19. The second-order valence-electron chi connectivity index (χ2n) is 5.66. The molecule has 0 fully saturated rings. The minimum absolute atomic E-state index is 0.303. The van der Waals surface area contributed by atoms with E-state index in [1.54, 1.807) is 12.2 Å². The highest BCUT2D eigenvalue weighted by atomic mass is 16.5. The van der Waals surface area contributed by atoms with Crippen LogP contribution >= 0.6 is 0 Å². The molecule has 0 aliphatic heterocycles. The van der Waals surface area contributed by atoms with Crippen molar-refractivity contribution in [3.63, 3.8) is 0 Å². The van der Waals surface area contributed by atoms with Gasteiger partial charge < -0.3 is 4.74 Å². The van der Waals surface area contributed by atoms with Gasteiger partial charge in [-0.1, -0.05) is 89.4 Å². The molecular formula is C26H32O2. The van der Waals surface area contributed by atoms with Gasteiger partial charge in [0.15, 0.2) is 0 Å². The van der Waals surface area contributed by atoms with Crippen molar-refractivity contribution in [2.45, 2.75) is 41.0 Å². The lowest BCUT2D eigenvalue weighted by molar-refractivity contribution is 0.0526. The molecule has 0 saturated heterocycles. The molecule has 2 aromatic rings. The summed E-state index contributed by atoms with van der Waals surface area (Å²) in [6, 6.07) is 12.0. The first-order chi connectivity index (χ1) is 13.7. The lowest BCUT2D eigenvalue weighted by Crippen LogP contribution is -2.10. The van der Waals surface area contributed by atoms with E-state index >= 15 is 0 Å². The monoisotopic (exact) mass is 376 g/mol. The van der Waals surface area contributed by atoms with Crippen molar-refractivity contribution in [1.82, 2.24) is 0 Å². The summed E-state index contributed by atoms with van der Waals surface area (Å²) in [5.41, 5.74) is 6.94. The summed E-state index contributed by atoms with van der Waals surface area (Å²) in [5, 5.41) is 0. The van der Waals surface area contributed by atoms with Crippen molar-refractivity contribution >= 4 is 29.8 Å². The highest BCUT2D eigenvalue weighted by Crippen LogP contribution is 2.37. The first-order valence-corrected chi connectivity index (χ1v) is 10.1. The fourth-order valence-corrected chi connectivity index (χ4v) is 3.20. The molecule has 28 heavy (non-hydrogen) atoms. The molecule has 0 amide bonds. The van der Waals surface area contributed by atoms with Crippen molar-refractivity contribution in [3.05, 3.63) is 82.9 Å². The average molecular weight is 377 g/mol. The van der Waals surface area contributed by atoms with Gasteiger partial charge in [-0.2, -0.15) is 0 Å². The van der Waals surface area contributed by atoms with Crippen LogP contribution < -0.4 is 0 Å². The fourth-order valence-electron chi connectivity index (χ4n) is 3.20. The van der Waals surface area contributed by atoms with E-state index in [-0.39, 0.29) is 5.97 Å². The van der Waals surface area contributed by atoms with Gasteiger partial charge >= 0.3 is 5.97 Å². The number of esters is 1. The van der Waals surface area contributed by atoms with Crippen LogP contribution in [0.4, 0.5) is 0 Å². The van der Waals surface area contributed by atoms with Crippen LogP contribution in [-0.4, -0.2) is 12.6 Å². The van der Waals surface area contributed by atoms with Gasteiger partial charge in [0.2, 0.25) is 0 Å². The zero-order valence-electron chi connectivity index (χ0n) is 17.8. The number of hydrogen-bond donors (Lipinski definition) is 0. The molecule has 0 atom stereocenters.